The van der Waals surface area contributed by atoms with Crippen LogP contribution in [0, 0.1) is 0 Å². The van der Waals surface area contributed by atoms with Gasteiger partial charge in [0, 0.05) is 6.54 Å². The van der Waals surface area contributed by atoms with Gasteiger partial charge in [-0.05, 0) is 31.9 Å². The van der Waals surface area contributed by atoms with E-state index in [1.54, 1.807) is 6.07 Å². The number of nitrogens with one attached hydrogen (secondary N) is 1. The van der Waals surface area contributed by atoms with E-state index in [1.807, 2.05) is 25.1 Å². The molecule has 1 aliphatic carbocycles. The molecule has 2 unspecified atom stereocenters. The van der Waals surface area contributed by atoms with Gasteiger partial charge in [-0.3, -0.25) is 4.79 Å². The largest absolute Gasteiger partial charge is 0.482 e. The van der Waals surface area contributed by atoms with Crippen molar-refractivity contribution in [3.05, 3.63) is 24.3 Å². The molecule has 5 nitrogen and oxygen atoms in total. The van der Waals surface area contributed by atoms with Crippen LogP contribution >= 0.6 is 0 Å². The molecule has 0 bridgehead atoms. The fourth-order valence-corrected chi connectivity index (χ4v) is 2.97. The fourth-order valence-electron chi connectivity index (χ4n) is 2.97. The third-order valence-electron chi connectivity index (χ3n) is 4.23. The van der Waals surface area contributed by atoms with E-state index in [4.69, 9.17) is 9.47 Å². The van der Waals surface area contributed by atoms with E-state index in [9.17, 15) is 9.90 Å². The number of hydrogen-bond acceptors (Lipinski definition) is 4. The number of benzene rings is 1. The third kappa shape index (κ3) is 2.97. The summed E-state index contributed by atoms with van der Waals surface area (Å²) in [4.78, 5) is 12.3. The lowest BCUT2D eigenvalue weighted by molar-refractivity contribution is -0.134. The van der Waals surface area contributed by atoms with Crippen molar-refractivity contribution < 1.29 is 19.4 Å². The van der Waals surface area contributed by atoms with E-state index in [2.05, 4.69) is 5.32 Å². The molecule has 2 atom stereocenters. The van der Waals surface area contributed by atoms with Crippen LogP contribution in [0.2, 0.25) is 0 Å². The number of fused-ring (bicyclic) bond motifs is 1. The molecular weight excluding hydrogens is 270 g/mol. The fraction of sp³-hybridized carbons (Fsp3) is 0.562. The summed E-state index contributed by atoms with van der Waals surface area (Å²) in [6.07, 6.45) is 2.46. The van der Waals surface area contributed by atoms with E-state index in [0.717, 1.165) is 25.7 Å². The predicted molar refractivity (Wildman–Crippen MR) is 77.4 cm³/mol. The zero-order valence-corrected chi connectivity index (χ0v) is 12.2. The molecule has 0 saturated heterocycles. The van der Waals surface area contributed by atoms with Gasteiger partial charge in [0.15, 0.2) is 11.5 Å². The number of carbonyl (C=O) groups excluding carboxylic acids is 1. The molecule has 1 saturated carbocycles. The van der Waals surface area contributed by atoms with Crippen LogP contribution in [0.1, 0.15) is 32.6 Å². The molecular formula is C16H21NO4. The highest BCUT2D eigenvalue weighted by molar-refractivity contribution is 5.82. The Labute approximate surface area is 124 Å². The summed E-state index contributed by atoms with van der Waals surface area (Å²) >= 11 is 0. The Bertz CT molecular complexity index is 525. The minimum atomic E-state index is -0.758. The van der Waals surface area contributed by atoms with Gasteiger partial charge in [-0.25, -0.2) is 0 Å². The van der Waals surface area contributed by atoms with Crippen molar-refractivity contribution in [2.75, 3.05) is 6.54 Å². The average molecular weight is 291 g/mol. The molecule has 1 fully saturated rings. The first-order valence-corrected chi connectivity index (χ1v) is 7.50. The summed E-state index contributed by atoms with van der Waals surface area (Å²) in [5.41, 5.74) is -0.758. The monoisotopic (exact) mass is 291 g/mol. The summed E-state index contributed by atoms with van der Waals surface area (Å²) in [7, 11) is 0. The van der Waals surface area contributed by atoms with Crippen molar-refractivity contribution in [2.45, 2.75) is 50.4 Å². The van der Waals surface area contributed by atoms with E-state index in [0.29, 0.717) is 11.5 Å². The molecule has 1 aliphatic heterocycles. The molecule has 1 aromatic rings. The topological polar surface area (TPSA) is 67.8 Å². The van der Waals surface area contributed by atoms with Crippen LogP contribution in [-0.4, -0.2) is 35.4 Å². The second kappa shape index (κ2) is 5.56. The zero-order chi connectivity index (χ0) is 14.9. The normalized spacial score (nSPS) is 26.4. The lowest BCUT2D eigenvalue weighted by Crippen LogP contribution is -2.52. The van der Waals surface area contributed by atoms with Crippen molar-refractivity contribution in [2.24, 2.45) is 0 Å². The highest BCUT2D eigenvalue weighted by Crippen LogP contribution is 2.33. The maximum Gasteiger partial charge on any atom is 0.265 e. The lowest BCUT2D eigenvalue weighted by Gasteiger charge is -2.32. The van der Waals surface area contributed by atoms with Gasteiger partial charge < -0.3 is 19.9 Å². The van der Waals surface area contributed by atoms with Crippen LogP contribution in [0.15, 0.2) is 24.3 Å². The van der Waals surface area contributed by atoms with Crippen LogP contribution in [0.5, 0.6) is 11.5 Å². The average Bonchev–Trinajstić information content (AvgIpc) is 2.91. The maximum absolute atomic E-state index is 12.3. The van der Waals surface area contributed by atoms with Gasteiger partial charge in [-0.15, -0.1) is 0 Å². The second-order valence-electron chi connectivity index (χ2n) is 5.96. The predicted octanol–water partition coefficient (Wildman–Crippen LogP) is 1.64. The van der Waals surface area contributed by atoms with Crippen LogP contribution in [0.25, 0.3) is 0 Å². The molecule has 2 aliphatic rings. The van der Waals surface area contributed by atoms with E-state index >= 15 is 0 Å². The Morgan fingerprint density at radius 1 is 1.29 bits per heavy atom. The molecule has 1 heterocycles. The molecule has 1 aromatic carbocycles. The lowest BCUT2D eigenvalue weighted by atomic mass is 10.0. The Morgan fingerprint density at radius 2 is 1.90 bits per heavy atom. The SMILES string of the molecule is CC1Oc2ccccc2OC1C(=O)NCC1(O)CCCC1. The van der Waals surface area contributed by atoms with Gasteiger partial charge in [0.2, 0.25) is 6.10 Å². The van der Waals surface area contributed by atoms with Gasteiger partial charge >= 0.3 is 0 Å². The molecule has 21 heavy (non-hydrogen) atoms. The number of aliphatic hydroxyl groups is 1. The standard InChI is InChI=1S/C16H21NO4/c1-11-14(21-13-7-3-2-6-12(13)20-11)15(18)17-10-16(19)8-4-5-9-16/h2-3,6-7,11,14,19H,4-5,8-10H2,1H3,(H,17,18). The van der Waals surface area contributed by atoms with E-state index < -0.39 is 11.7 Å². The number of hydrogen-bond donors (Lipinski definition) is 2. The van der Waals surface area contributed by atoms with Gasteiger partial charge in [-0.2, -0.15) is 0 Å². The van der Waals surface area contributed by atoms with Crippen molar-refractivity contribution in [3.63, 3.8) is 0 Å². The first kappa shape index (κ1) is 14.2. The molecule has 0 spiro atoms. The number of ether oxygens (including phenoxy) is 2. The minimum Gasteiger partial charge on any atom is -0.482 e. The zero-order valence-electron chi connectivity index (χ0n) is 12.2. The van der Waals surface area contributed by atoms with Crippen LogP contribution < -0.4 is 14.8 Å². The van der Waals surface area contributed by atoms with Crippen molar-refractivity contribution in [1.29, 1.82) is 0 Å². The summed E-state index contributed by atoms with van der Waals surface area (Å²) in [6.45, 7) is 2.09. The summed E-state index contributed by atoms with van der Waals surface area (Å²) in [6, 6.07) is 7.31. The summed E-state index contributed by atoms with van der Waals surface area (Å²) in [5, 5.41) is 13.1. The first-order valence-electron chi connectivity index (χ1n) is 7.50. The third-order valence-corrected chi connectivity index (χ3v) is 4.23. The van der Waals surface area contributed by atoms with Crippen molar-refractivity contribution in [1.82, 2.24) is 5.32 Å². The molecule has 1 amide bonds. The van der Waals surface area contributed by atoms with E-state index in [1.165, 1.54) is 0 Å². The number of para-hydroxylation sites is 2. The van der Waals surface area contributed by atoms with Crippen molar-refractivity contribution >= 4 is 5.91 Å². The first-order chi connectivity index (χ1) is 10.1. The van der Waals surface area contributed by atoms with Crippen LogP contribution in [0.3, 0.4) is 0 Å². The Kier molecular flexibility index (Phi) is 3.76. The van der Waals surface area contributed by atoms with Crippen LogP contribution in [0.4, 0.5) is 0 Å². The Hall–Kier alpha value is -1.75. The maximum atomic E-state index is 12.3. The second-order valence-corrected chi connectivity index (χ2v) is 5.96. The highest BCUT2D eigenvalue weighted by atomic mass is 16.6. The van der Waals surface area contributed by atoms with Gasteiger partial charge in [-0.1, -0.05) is 25.0 Å². The molecule has 2 N–H and O–H groups in total. The molecule has 5 heteroatoms. The van der Waals surface area contributed by atoms with Crippen molar-refractivity contribution in [3.8, 4) is 11.5 Å². The molecule has 114 valence electrons. The quantitative estimate of drug-likeness (QED) is 0.888. The molecule has 0 radical (unpaired) electrons. The number of rotatable bonds is 3. The Morgan fingerprint density at radius 3 is 2.57 bits per heavy atom. The number of amides is 1. The summed E-state index contributed by atoms with van der Waals surface area (Å²) in [5.74, 6) is 0.996. The van der Waals surface area contributed by atoms with E-state index in [-0.39, 0.29) is 18.6 Å². The van der Waals surface area contributed by atoms with Crippen LogP contribution in [-0.2, 0) is 4.79 Å². The highest BCUT2D eigenvalue weighted by Gasteiger charge is 2.36. The smallest absolute Gasteiger partial charge is 0.265 e. The minimum absolute atomic E-state index is 0.239. The molecule has 3 rings (SSSR count). The number of carbonyl (C=O) groups is 1. The van der Waals surface area contributed by atoms with Gasteiger partial charge in [0.1, 0.15) is 6.10 Å². The summed E-state index contributed by atoms with van der Waals surface area (Å²) < 4.78 is 11.4. The Balaban J connectivity index is 1.62. The van der Waals surface area contributed by atoms with Gasteiger partial charge in [0.05, 0.1) is 5.60 Å². The molecule has 0 aromatic heterocycles. The van der Waals surface area contributed by atoms with Gasteiger partial charge in [0.25, 0.3) is 5.91 Å².